The Morgan fingerprint density at radius 1 is 0.935 bits per heavy atom. The number of nitrogens with one attached hydrogen (secondary N) is 1. The van der Waals surface area contributed by atoms with E-state index in [2.05, 4.69) is 20.9 Å². The molecule has 0 saturated heterocycles. The highest BCUT2D eigenvalue weighted by atomic mass is 79.9. The van der Waals surface area contributed by atoms with Crippen molar-refractivity contribution >= 4 is 39.1 Å². The van der Waals surface area contributed by atoms with Crippen molar-refractivity contribution in [3.63, 3.8) is 0 Å². The highest BCUT2D eigenvalue weighted by molar-refractivity contribution is 9.10. The Morgan fingerprint density at radius 2 is 1.77 bits per heavy atom. The molecular formula is C24H17BrCl2FNO2. The SMILES string of the molecule is COc1cc(OCc2ccc(Br)cc2F)ccc1-c1c[nH]c(-c2ccc(Cl)c(Cl)c2)c1. The van der Waals surface area contributed by atoms with Crippen LogP contribution in [-0.4, -0.2) is 12.1 Å². The molecule has 31 heavy (non-hydrogen) atoms. The van der Waals surface area contributed by atoms with Gasteiger partial charge in [-0.3, -0.25) is 0 Å². The molecule has 0 radical (unpaired) electrons. The van der Waals surface area contributed by atoms with Gasteiger partial charge in [0.1, 0.15) is 23.9 Å². The Kier molecular flexibility index (Phi) is 6.56. The maximum absolute atomic E-state index is 14.0. The van der Waals surface area contributed by atoms with Gasteiger partial charge in [0, 0.05) is 39.1 Å². The highest BCUT2D eigenvalue weighted by Gasteiger charge is 2.12. The first-order chi connectivity index (χ1) is 14.9. The minimum atomic E-state index is -0.319. The summed E-state index contributed by atoms with van der Waals surface area (Å²) in [5.41, 5.74) is 4.15. The second-order valence-corrected chi connectivity index (χ2v) is 8.55. The molecule has 7 heteroatoms. The fraction of sp³-hybridized carbons (Fsp3) is 0.0833. The largest absolute Gasteiger partial charge is 0.496 e. The van der Waals surface area contributed by atoms with E-state index in [0.717, 1.165) is 22.4 Å². The number of rotatable bonds is 6. The van der Waals surface area contributed by atoms with Crippen LogP contribution in [0.2, 0.25) is 10.0 Å². The minimum Gasteiger partial charge on any atom is -0.496 e. The lowest BCUT2D eigenvalue weighted by atomic mass is 10.1. The fourth-order valence-electron chi connectivity index (χ4n) is 3.18. The number of halogens is 4. The third kappa shape index (κ3) is 4.90. The van der Waals surface area contributed by atoms with E-state index in [0.29, 0.717) is 31.6 Å². The lowest BCUT2D eigenvalue weighted by Gasteiger charge is -2.12. The Balaban J connectivity index is 1.55. The van der Waals surface area contributed by atoms with Gasteiger partial charge in [-0.15, -0.1) is 0 Å². The Bertz CT molecular complexity index is 1240. The molecule has 4 aromatic rings. The van der Waals surface area contributed by atoms with Gasteiger partial charge >= 0.3 is 0 Å². The van der Waals surface area contributed by atoms with E-state index in [1.165, 1.54) is 6.07 Å². The van der Waals surface area contributed by atoms with Gasteiger partial charge in [-0.2, -0.15) is 0 Å². The van der Waals surface area contributed by atoms with Crippen molar-refractivity contribution < 1.29 is 13.9 Å². The van der Waals surface area contributed by atoms with E-state index in [9.17, 15) is 4.39 Å². The molecule has 1 N–H and O–H groups in total. The molecule has 1 aromatic heterocycles. The molecule has 0 spiro atoms. The van der Waals surface area contributed by atoms with E-state index in [4.69, 9.17) is 32.7 Å². The van der Waals surface area contributed by atoms with Crippen LogP contribution in [0.1, 0.15) is 5.56 Å². The molecule has 0 unspecified atom stereocenters. The quantitative estimate of drug-likeness (QED) is 0.278. The predicted octanol–water partition coefficient (Wildman–Crippen LogP) is 8.14. The second kappa shape index (κ2) is 9.35. The fourth-order valence-corrected chi connectivity index (χ4v) is 3.81. The third-order valence-electron chi connectivity index (χ3n) is 4.81. The molecule has 0 aliphatic carbocycles. The minimum absolute atomic E-state index is 0.118. The summed E-state index contributed by atoms with van der Waals surface area (Å²) < 4.78 is 26.0. The van der Waals surface area contributed by atoms with Crippen molar-refractivity contribution in [3.8, 4) is 33.9 Å². The zero-order valence-corrected chi connectivity index (χ0v) is 19.5. The standard InChI is InChI=1S/C24H17BrCl2FNO2/c1-30-24-11-18(31-13-15-2-4-17(25)10-22(15)28)5-6-19(24)16-9-23(29-12-16)14-3-7-20(26)21(27)8-14/h2-12,29H,13H2,1H3. The zero-order valence-electron chi connectivity index (χ0n) is 16.4. The van der Waals surface area contributed by atoms with Gasteiger partial charge in [0.25, 0.3) is 0 Å². The zero-order chi connectivity index (χ0) is 22.0. The Morgan fingerprint density at radius 3 is 2.52 bits per heavy atom. The van der Waals surface area contributed by atoms with E-state index in [-0.39, 0.29) is 12.4 Å². The highest BCUT2D eigenvalue weighted by Crippen LogP contribution is 2.36. The molecule has 0 amide bonds. The molecule has 0 aliphatic rings. The number of H-pyrrole nitrogens is 1. The molecule has 4 rings (SSSR count). The van der Waals surface area contributed by atoms with Crippen LogP contribution < -0.4 is 9.47 Å². The van der Waals surface area contributed by atoms with Crippen LogP contribution in [0.5, 0.6) is 11.5 Å². The van der Waals surface area contributed by atoms with Gasteiger partial charge in [0.15, 0.2) is 0 Å². The summed E-state index contributed by atoms with van der Waals surface area (Å²) in [6.07, 6.45) is 1.90. The number of methoxy groups -OCH3 is 1. The molecule has 0 aliphatic heterocycles. The van der Waals surface area contributed by atoms with Gasteiger partial charge in [-0.25, -0.2) is 4.39 Å². The molecule has 0 saturated carbocycles. The Hall–Kier alpha value is -2.47. The van der Waals surface area contributed by atoms with Crippen molar-refractivity contribution in [2.45, 2.75) is 6.61 Å². The summed E-state index contributed by atoms with van der Waals surface area (Å²) in [4.78, 5) is 3.26. The van der Waals surface area contributed by atoms with Gasteiger partial charge < -0.3 is 14.5 Å². The summed E-state index contributed by atoms with van der Waals surface area (Å²) in [5.74, 6) is 0.914. The summed E-state index contributed by atoms with van der Waals surface area (Å²) >= 11 is 15.4. The maximum Gasteiger partial charge on any atom is 0.130 e. The first kappa shape index (κ1) is 21.8. The van der Waals surface area contributed by atoms with Gasteiger partial charge in [-0.1, -0.05) is 51.3 Å². The second-order valence-electron chi connectivity index (χ2n) is 6.82. The van der Waals surface area contributed by atoms with Crippen molar-refractivity contribution in [1.82, 2.24) is 4.98 Å². The summed E-state index contributed by atoms with van der Waals surface area (Å²) in [6.45, 7) is 0.118. The van der Waals surface area contributed by atoms with Gasteiger partial charge in [-0.05, 0) is 48.0 Å². The van der Waals surface area contributed by atoms with Crippen LogP contribution in [-0.2, 0) is 6.61 Å². The smallest absolute Gasteiger partial charge is 0.130 e. The molecule has 0 fully saturated rings. The number of aromatic nitrogens is 1. The van der Waals surface area contributed by atoms with Crippen molar-refractivity contribution in [2.24, 2.45) is 0 Å². The first-order valence-electron chi connectivity index (χ1n) is 9.33. The van der Waals surface area contributed by atoms with E-state index in [1.54, 1.807) is 31.4 Å². The topological polar surface area (TPSA) is 34.2 Å². The van der Waals surface area contributed by atoms with Crippen LogP contribution in [0.3, 0.4) is 0 Å². The molecule has 0 bridgehead atoms. The van der Waals surface area contributed by atoms with Crippen molar-refractivity contribution in [3.05, 3.63) is 92.8 Å². The van der Waals surface area contributed by atoms with Crippen molar-refractivity contribution in [2.75, 3.05) is 7.11 Å². The maximum atomic E-state index is 14.0. The molecule has 158 valence electrons. The predicted molar refractivity (Wildman–Crippen MR) is 127 cm³/mol. The lowest BCUT2D eigenvalue weighted by molar-refractivity contribution is 0.297. The van der Waals surface area contributed by atoms with Crippen LogP contribution in [0.15, 0.2) is 71.3 Å². The Labute approximate surface area is 197 Å². The van der Waals surface area contributed by atoms with E-state index >= 15 is 0 Å². The molecule has 0 atom stereocenters. The first-order valence-corrected chi connectivity index (χ1v) is 10.9. The molecular weight excluding hydrogens is 504 g/mol. The van der Waals surface area contributed by atoms with E-state index in [1.807, 2.05) is 36.5 Å². The van der Waals surface area contributed by atoms with E-state index < -0.39 is 0 Å². The summed E-state index contributed by atoms with van der Waals surface area (Å²) in [7, 11) is 1.60. The summed E-state index contributed by atoms with van der Waals surface area (Å²) in [5, 5.41) is 1.01. The number of benzene rings is 3. The summed E-state index contributed by atoms with van der Waals surface area (Å²) in [6, 6.07) is 17.9. The molecule has 1 heterocycles. The average Bonchev–Trinajstić information content (AvgIpc) is 3.25. The monoisotopic (exact) mass is 519 g/mol. The third-order valence-corrected chi connectivity index (χ3v) is 6.04. The van der Waals surface area contributed by atoms with Crippen LogP contribution in [0.4, 0.5) is 4.39 Å². The van der Waals surface area contributed by atoms with Crippen LogP contribution >= 0.6 is 39.1 Å². The molecule has 3 nitrogen and oxygen atoms in total. The van der Waals surface area contributed by atoms with Crippen LogP contribution in [0.25, 0.3) is 22.4 Å². The van der Waals surface area contributed by atoms with Gasteiger partial charge in [0.05, 0.1) is 17.2 Å². The van der Waals surface area contributed by atoms with Crippen molar-refractivity contribution in [1.29, 1.82) is 0 Å². The number of ether oxygens (including phenoxy) is 2. The number of hydrogen-bond donors (Lipinski definition) is 1. The number of aromatic amines is 1. The average molecular weight is 521 g/mol. The lowest BCUT2D eigenvalue weighted by Crippen LogP contribution is -1.99. The van der Waals surface area contributed by atoms with Gasteiger partial charge in [0.2, 0.25) is 0 Å². The molecule has 3 aromatic carbocycles. The van der Waals surface area contributed by atoms with Crippen LogP contribution in [0, 0.1) is 5.82 Å². The number of hydrogen-bond acceptors (Lipinski definition) is 2. The normalized spacial score (nSPS) is 10.9.